The van der Waals surface area contributed by atoms with Gasteiger partial charge in [-0.25, -0.2) is 4.79 Å². The van der Waals surface area contributed by atoms with Crippen LogP contribution in [0, 0.1) is 0 Å². The second-order valence-electron chi connectivity index (χ2n) is 6.84. The van der Waals surface area contributed by atoms with Crippen LogP contribution in [0.2, 0.25) is 0 Å². The monoisotopic (exact) mass is 378 g/mol. The molecule has 0 saturated carbocycles. The van der Waals surface area contributed by atoms with Crippen molar-refractivity contribution in [3.05, 3.63) is 24.3 Å². The maximum absolute atomic E-state index is 13.0. The van der Waals surface area contributed by atoms with Crippen molar-refractivity contribution in [2.24, 2.45) is 0 Å². The number of hydrogen-bond acceptors (Lipinski definition) is 4. The van der Waals surface area contributed by atoms with Gasteiger partial charge in [0.2, 0.25) is 0 Å². The smallest absolute Gasteiger partial charge is 0.410 e. The number of para-hydroxylation sites is 1. The summed E-state index contributed by atoms with van der Waals surface area (Å²) in [7, 11) is 0. The first-order valence-corrected chi connectivity index (χ1v) is 10.3. The Labute approximate surface area is 159 Å². The largest absolute Gasteiger partial charge is 0.450 e. The molecule has 0 aliphatic carbocycles. The zero-order valence-corrected chi connectivity index (χ0v) is 16.4. The fraction of sp³-hybridized carbons (Fsp3) is 0.579. The molecule has 6 nitrogen and oxygen atoms in total. The number of nitrogens with one attached hydrogen (secondary N) is 1. The SMILES string of the molecule is CCOC(=O)N1CC[NH+](CC(=O)N2CC[C@H](C)Sc3ccccc32)CC1. The lowest BCUT2D eigenvalue weighted by Crippen LogP contribution is -3.15. The number of quaternary nitrogens is 1. The van der Waals surface area contributed by atoms with Gasteiger partial charge in [0.05, 0.1) is 38.5 Å². The quantitative estimate of drug-likeness (QED) is 0.861. The van der Waals surface area contributed by atoms with Crippen LogP contribution in [0.25, 0.3) is 0 Å². The van der Waals surface area contributed by atoms with Crippen LogP contribution in [0.3, 0.4) is 0 Å². The molecule has 1 aromatic rings. The van der Waals surface area contributed by atoms with E-state index in [1.165, 1.54) is 9.80 Å². The summed E-state index contributed by atoms with van der Waals surface area (Å²) >= 11 is 1.85. The molecule has 1 atom stereocenters. The molecule has 1 N–H and O–H groups in total. The molecule has 2 aliphatic heterocycles. The lowest BCUT2D eigenvalue weighted by molar-refractivity contribution is -0.895. The summed E-state index contributed by atoms with van der Waals surface area (Å²) in [5, 5.41) is 0.509. The lowest BCUT2D eigenvalue weighted by atomic mass is 10.2. The number of carbonyl (C=O) groups excluding carboxylic acids is 2. The first-order valence-electron chi connectivity index (χ1n) is 9.39. The molecular formula is C19H28N3O3S+. The topological polar surface area (TPSA) is 54.3 Å². The molecule has 1 aromatic carbocycles. The molecule has 26 heavy (non-hydrogen) atoms. The first-order chi connectivity index (χ1) is 12.6. The van der Waals surface area contributed by atoms with E-state index in [2.05, 4.69) is 13.0 Å². The van der Waals surface area contributed by atoms with Gasteiger partial charge < -0.3 is 14.5 Å². The lowest BCUT2D eigenvalue weighted by Gasteiger charge is -2.32. The van der Waals surface area contributed by atoms with Gasteiger partial charge in [0.15, 0.2) is 6.54 Å². The third kappa shape index (κ3) is 4.51. The number of ether oxygens (including phenoxy) is 1. The second kappa shape index (κ2) is 8.77. The second-order valence-corrected chi connectivity index (χ2v) is 8.32. The summed E-state index contributed by atoms with van der Waals surface area (Å²) < 4.78 is 5.06. The molecule has 2 amide bonds. The van der Waals surface area contributed by atoms with Crippen molar-refractivity contribution in [3.63, 3.8) is 0 Å². The average molecular weight is 379 g/mol. The van der Waals surface area contributed by atoms with Gasteiger partial charge in [-0.2, -0.15) is 0 Å². The minimum absolute atomic E-state index is 0.173. The van der Waals surface area contributed by atoms with Crippen molar-refractivity contribution in [2.75, 3.05) is 50.8 Å². The number of piperazine rings is 1. The third-order valence-corrected chi connectivity index (χ3v) is 6.18. The average Bonchev–Trinajstić information content (AvgIpc) is 2.80. The van der Waals surface area contributed by atoms with E-state index in [0.717, 1.165) is 31.7 Å². The van der Waals surface area contributed by atoms with E-state index in [0.29, 0.717) is 31.5 Å². The van der Waals surface area contributed by atoms with Crippen molar-refractivity contribution < 1.29 is 19.2 Å². The van der Waals surface area contributed by atoms with Gasteiger partial charge in [0, 0.05) is 16.7 Å². The van der Waals surface area contributed by atoms with Crippen molar-refractivity contribution >= 4 is 29.4 Å². The van der Waals surface area contributed by atoms with Crippen molar-refractivity contribution in [1.29, 1.82) is 0 Å². The molecule has 1 fully saturated rings. The van der Waals surface area contributed by atoms with Crippen LogP contribution >= 0.6 is 11.8 Å². The van der Waals surface area contributed by atoms with Gasteiger partial charge in [0.1, 0.15) is 0 Å². The summed E-state index contributed by atoms with van der Waals surface area (Å²) in [6, 6.07) is 8.19. The Balaban J connectivity index is 1.60. The highest BCUT2D eigenvalue weighted by molar-refractivity contribution is 8.00. The molecule has 7 heteroatoms. The van der Waals surface area contributed by atoms with Gasteiger partial charge in [-0.05, 0) is 25.5 Å². The Morgan fingerprint density at radius 3 is 2.69 bits per heavy atom. The van der Waals surface area contributed by atoms with E-state index < -0.39 is 0 Å². The number of nitrogens with zero attached hydrogens (tertiary/aromatic N) is 2. The van der Waals surface area contributed by atoms with E-state index in [9.17, 15) is 9.59 Å². The fourth-order valence-electron chi connectivity index (χ4n) is 3.45. The molecule has 2 aliphatic rings. The number of anilines is 1. The van der Waals surface area contributed by atoms with Crippen LogP contribution in [-0.4, -0.2) is 68.0 Å². The molecule has 2 heterocycles. The van der Waals surface area contributed by atoms with E-state index in [-0.39, 0.29) is 12.0 Å². The molecular weight excluding hydrogens is 350 g/mol. The number of fused-ring (bicyclic) bond motifs is 1. The van der Waals surface area contributed by atoms with Crippen LogP contribution in [0.5, 0.6) is 0 Å². The maximum Gasteiger partial charge on any atom is 0.410 e. The summed E-state index contributed by atoms with van der Waals surface area (Å²) in [5.41, 5.74) is 1.04. The number of thioether (sulfide) groups is 1. The number of hydrogen-bond donors (Lipinski definition) is 1. The molecule has 0 aromatic heterocycles. The van der Waals surface area contributed by atoms with E-state index in [1.807, 2.05) is 41.8 Å². The maximum atomic E-state index is 13.0. The predicted molar refractivity (Wildman–Crippen MR) is 103 cm³/mol. The molecule has 0 unspecified atom stereocenters. The summed E-state index contributed by atoms with van der Waals surface area (Å²) in [5.74, 6) is 0.173. The van der Waals surface area contributed by atoms with Crippen molar-refractivity contribution in [2.45, 2.75) is 30.4 Å². The third-order valence-electron chi connectivity index (χ3n) is 4.94. The summed E-state index contributed by atoms with van der Waals surface area (Å²) in [6.07, 6.45) is 0.752. The summed E-state index contributed by atoms with van der Waals surface area (Å²) in [6.45, 7) is 8.53. The van der Waals surface area contributed by atoms with Gasteiger partial charge in [-0.15, -0.1) is 11.8 Å². The van der Waals surface area contributed by atoms with Crippen LogP contribution in [-0.2, 0) is 9.53 Å². The minimum Gasteiger partial charge on any atom is -0.450 e. The molecule has 0 radical (unpaired) electrons. The summed E-state index contributed by atoms with van der Waals surface area (Å²) in [4.78, 5) is 30.9. The Morgan fingerprint density at radius 1 is 1.23 bits per heavy atom. The molecule has 1 saturated heterocycles. The van der Waals surface area contributed by atoms with Gasteiger partial charge >= 0.3 is 6.09 Å². The number of amides is 2. The van der Waals surface area contributed by atoms with Crippen LogP contribution in [0.15, 0.2) is 29.2 Å². The Kier molecular flexibility index (Phi) is 6.43. The van der Waals surface area contributed by atoms with Gasteiger partial charge in [0.25, 0.3) is 5.91 Å². The van der Waals surface area contributed by atoms with Crippen molar-refractivity contribution in [3.8, 4) is 0 Å². The zero-order valence-electron chi connectivity index (χ0n) is 15.6. The van der Waals surface area contributed by atoms with Crippen LogP contribution < -0.4 is 9.80 Å². The molecule has 3 rings (SSSR count). The number of carbonyl (C=O) groups is 2. The van der Waals surface area contributed by atoms with E-state index >= 15 is 0 Å². The van der Waals surface area contributed by atoms with Crippen LogP contribution in [0.1, 0.15) is 20.3 Å². The number of rotatable bonds is 3. The van der Waals surface area contributed by atoms with Crippen molar-refractivity contribution in [1.82, 2.24) is 4.90 Å². The highest BCUT2D eigenvalue weighted by atomic mass is 32.2. The highest BCUT2D eigenvalue weighted by Crippen LogP contribution is 2.37. The first kappa shape index (κ1) is 19.0. The normalized spacial score (nSPS) is 21.1. The Hall–Kier alpha value is -1.73. The standard InChI is InChI=1S/C19H27N3O3S/c1-3-25-19(24)21-12-10-20(11-13-21)14-18(23)22-9-8-15(2)26-17-7-5-4-6-16(17)22/h4-7,15H,3,8-14H2,1-2H3/p+1/t15-/m0/s1. The molecule has 142 valence electrons. The Bertz CT molecular complexity index is 647. The molecule has 0 bridgehead atoms. The Morgan fingerprint density at radius 2 is 1.96 bits per heavy atom. The minimum atomic E-state index is -0.245. The zero-order chi connectivity index (χ0) is 18.5. The van der Waals surface area contributed by atoms with Crippen LogP contribution in [0.4, 0.5) is 10.5 Å². The van der Waals surface area contributed by atoms with Gasteiger partial charge in [-0.1, -0.05) is 19.1 Å². The van der Waals surface area contributed by atoms with E-state index in [1.54, 1.807) is 4.90 Å². The van der Waals surface area contributed by atoms with E-state index in [4.69, 9.17) is 4.74 Å². The number of benzene rings is 1. The van der Waals surface area contributed by atoms with Gasteiger partial charge in [-0.3, -0.25) is 9.69 Å². The fourth-order valence-corrected chi connectivity index (χ4v) is 4.57. The highest BCUT2D eigenvalue weighted by Gasteiger charge is 2.30. The predicted octanol–water partition coefficient (Wildman–Crippen LogP) is 1.26. The molecule has 0 spiro atoms.